The second kappa shape index (κ2) is 7.22. The summed E-state index contributed by atoms with van der Waals surface area (Å²) in [6.07, 6.45) is 2.82. The molecule has 0 aliphatic carbocycles. The Hall–Kier alpha value is -2.07. The van der Waals surface area contributed by atoms with Gasteiger partial charge < -0.3 is 14.8 Å². The van der Waals surface area contributed by atoms with Crippen LogP contribution in [0.25, 0.3) is 0 Å². The van der Waals surface area contributed by atoms with Gasteiger partial charge in [-0.2, -0.15) is 0 Å². The third kappa shape index (κ3) is 3.39. The highest BCUT2D eigenvalue weighted by Crippen LogP contribution is 2.37. The molecule has 0 saturated carbocycles. The van der Waals surface area contributed by atoms with Gasteiger partial charge in [0.25, 0.3) is 0 Å². The lowest BCUT2D eigenvalue weighted by molar-refractivity contribution is 0.232. The van der Waals surface area contributed by atoms with Crippen molar-refractivity contribution in [3.63, 3.8) is 0 Å². The fourth-order valence-electron chi connectivity index (χ4n) is 3.30. The molecular weight excluding hydrogens is 300 g/mol. The summed E-state index contributed by atoms with van der Waals surface area (Å²) >= 11 is 0. The zero-order chi connectivity index (χ0) is 17.1. The van der Waals surface area contributed by atoms with E-state index in [2.05, 4.69) is 43.2 Å². The smallest absolute Gasteiger partial charge is 0.124 e. The topological polar surface area (TPSA) is 43.4 Å². The molecule has 1 aromatic carbocycles. The summed E-state index contributed by atoms with van der Waals surface area (Å²) in [4.78, 5) is 4.64. The van der Waals surface area contributed by atoms with Gasteiger partial charge in [-0.15, -0.1) is 0 Å². The van der Waals surface area contributed by atoms with Gasteiger partial charge in [0.05, 0.1) is 25.5 Å². The SMILES string of the molecule is COc1ccc2c(c1)[C@H](N[C@@H](c1ncccc1C)C(C)C)CCO2. The van der Waals surface area contributed by atoms with Gasteiger partial charge in [0.2, 0.25) is 0 Å². The van der Waals surface area contributed by atoms with E-state index in [0.29, 0.717) is 5.92 Å². The minimum absolute atomic E-state index is 0.202. The summed E-state index contributed by atoms with van der Waals surface area (Å²) in [6, 6.07) is 10.6. The molecule has 2 aromatic rings. The quantitative estimate of drug-likeness (QED) is 0.894. The Balaban J connectivity index is 1.91. The molecule has 1 N–H and O–H groups in total. The summed E-state index contributed by atoms with van der Waals surface area (Å²) in [5, 5.41) is 3.82. The monoisotopic (exact) mass is 326 g/mol. The van der Waals surface area contributed by atoms with Crippen LogP contribution in [0.4, 0.5) is 0 Å². The van der Waals surface area contributed by atoms with Crippen molar-refractivity contribution >= 4 is 0 Å². The molecule has 2 heterocycles. The molecule has 1 aliphatic rings. The van der Waals surface area contributed by atoms with Crippen molar-refractivity contribution in [2.45, 2.75) is 39.3 Å². The van der Waals surface area contributed by atoms with Crippen LogP contribution in [0.5, 0.6) is 11.5 Å². The molecule has 2 atom stereocenters. The predicted octanol–water partition coefficient (Wildman–Crippen LogP) is 4.21. The number of hydrogen-bond acceptors (Lipinski definition) is 4. The fourth-order valence-corrected chi connectivity index (χ4v) is 3.30. The zero-order valence-electron chi connectivity index (χ0n) is 14.9. The molecule has 0 amide bonds. The van der Waals surface area contributed by atoms with Crippen molar-refractivity contribution in [2.75, 3.05) is 13.7 Å². The van der Waals surface area contributed by atoms with Crippen molar-refractivity contribution in [1.29, 1.82) is 0 Å². The molecule has 0 spiro atoms. The van der Waals surface area contributed by atoms with Crippen LogP contribution in [0.2, 0.25) is 0 Å². The maximum atomic E-state index is 5.81. The van der Waals surface area contributed by atoms with Gasteiger partial charge in [0.1, 0.15) is 11.5 Å². The molecular formula is C20H26N2O2. The van der Waals surface area contributed by atoms with Crippen LogP contribution in [-0.4, -0.2) is 18.7 Å². The van der Waals surface area contributed by atoms with E-state index in [0.717, 1.165) is 30.2 Å². The van der Waals surface area contributed by atoms with Crippen molar-refractivity contribution in [2.24, 2.45) is 5.92 Å². The number of nitrogens with one attached hydrogen (secondary N) is 1. The standard InChI is InChI=1S/C20H26N2O2/c1-13(2)19(20-14(3)6-5-10-21-20)22-17-9-11-24-18-8-7-15(23-4)12-16(17)18/h5-8,10,12-13,17,19,22H,9,11H2,1-4H3/t17-,19-/m1/s1. The first-order valence-electron chi connectivity index (χ1n) is 8.58. The third-order valence-corrected chi connectivity index (χ3v) is 4.65. The molecule has 3 rings (SSSR count). The number of ether oxygens (including phenoxy) is 2. The summed E-state index contributed by atoms with van der Waals surface area (Å²) in [5.41, 5.74) is 3.52. The van der Waals surface area contributed by atoms with Gasteiger partial charge in [-0.1, -0.05) is 19.9 Å². The van der Waals surface area contributed by atoms with E-state index in [-0.39, 0.29) is 12.1 Å². The van der Waals surface area contributed by atoms with Gasteiger partial charge in [-0.3, -0.25) is 4.98 Å². The van der Waals surface area contributed by atoms with Gasteiger partial charge in [0, 0.05) is 24.2 Å². The number of nitrogens with zero attached hydrogens (tertiary/aromatic N) is 1. The fraction of sp³-hybridized carbons (Fsp3) is 0.450. The average Bonchev–Trinajstić information content (AvgIpc) is 2.60. The van der Waals surface area contributed by atoms with E-state index in [9.17, 15) is 0 Å². The number of fused-ring (bicyclic) bond motifs is 1. The molecule has 0 bridgehead atoms. The van der Waals surface area contributed by atoms with E-state index in [1.165, 1.54) is 11.1 Å². The Kier molecular flexibility index (Phi) is 5.05. The van der Waals surface area contributed by atoms with E-state index < -0.39 is 0 Å². The molecule has 0 saturated heterocycles. The maximum absolute atomic E-state index is 5.81. The van der Waals surface area contributed by atoms with Crippen molar-refractivity contribution in [3.05, 3.63) is 53.3 Å². The molecule has 1 aromatic heterocycles. The Labute approximate surface area is 144 Å². The van der Waals surface area contributed by atoms with Crippen molar-refractivity contribution in [1.82, 2.24) is 10.3 Å². The summed E-state index contributed by atoms with van der Waals surface area (Å²) in [7, 11) is 1.70. The zero-order valence-corrected chi connectivity index (χ0v) is 14.9. The number of methoxy groups -OCH3 is 1. The normalized spacial score (nSPS) is 18.0. The first kappa shape index (κ1) is 16.8. The summed E-state index contributed by atoms with van der Waals surface area (Å²) in [6.45, 7) is 7.32. The molecule has 0 unspecified atom stereocenters. The summed E-state index contributed by atoms with van der Waals surface area (Å²) in [5.74, 6) is 2.25. The predicted molar refractivity (Wildman–Crippen MR) is 95.5 cm³/mol. The first-order valence-corrected chi connectivity index (χ1v) is 8.58. The second-order valence-corrected chi connectivity index (χ2v) is 6.69. The molecule has 0 fully saturated rings. The highest BCUT2D eigenvalue weighted by Gasteiger charge is 2.27. The van der Waals surface area contributed by atoms with Crippen LogP contribution in [0.15, 0.2) is 36.5 Å². The molecule has 1 aliphatic heterocycles. The first-order chi connectivity index (χ1) is 11.6. The van der Waals surface area contributed by atoms with Crippen LogP contribution in [0.3, 0.4) is 0 Å². The summed E-state index contributed by atoms with van der Waals surface area (Å²) < 4.78 is 11.2. The number of rotatable bonds is 5. The van der Waals surface area contributed by atoms with Crippen LogP contribution < -0.4 is 14.8 Å². The minimum atomic E-state index is 0.202. The van der Waals surface area contributed by atoms with Crippen LogP contribution in [-0.2, 0) is 0 Å². The maximum Gasteiger partial charge on any atom is 0.124 e. The second-order valence-electron chi connectivity index (χ2n) is 6.69. The van der Waals surface area contributed by atoms with Gasteiger partial charge in [-0.05, 0) is 42.7 Å². The lowest BCUT2D eigenvalue weighted by atomic mass is 9.93. The molecule has 4 nitrogen and oxygen atoms in total. The van der Waals surface area contributed by atoms with Crippen LogP contribution in [0, 0.1) is 12.8 Å². The molecule has 24 heavy (non-hydrogen) atoms. The third-order valence-electron chi connectivity index (χ3n) is 4.65. The minimum Gasteiger partial charge on any atom is -0.497 e. The number of aryl methyl sites for hydroxylation is 1. The Morgan fingerprint density at radius 3 is 2.83 bits per heavy atom. The van der Waals surface area contributed by atoms with E-state index in [1.807, 2.05) is 24.4 Å². The van der Waals surface area contributed by atoms with Gasteiger partial charge in [-0.25, -0.2) is 0 Å². The number of pyridine rings is 1. The molecule has 128 valence electrons. The average molecular weight is 326 g/mol. The van der Waals surface area contributed by atoms with Crippen molar-refractivity contribution in [3.8, 4) is 11.5 Å². The number of aromatic nitrogens is 1. The number of hydrogen-bond donors (Lipinski definition) is 1. The van der Waals surface area contributed by atoms with E-state index in [4.69, 9.17) is 9.47 Å². The highest BCUT2D eigenvalue weighted by atomic mass is 16.5. The Morgan fingerprint density at radius 2 is 2.12 bits per heavy atom. The van der Waals surface area contributed by atoms with Gasteiger partial charge >= 0.3 is 0 Å². The number of benzene rings is 1. The Morgan fingerprint density at radius 1 is 1.29 bits per heavy atom. The lowest BCUT2D eigenvalue weighted by Crippen LogP contribution is -2.34. The van der Waals surface area contributed by atoms with E-state index in [1.54, 1.807) is 7.11 Å². The van der Waals surface area contributed by atoms with E-state index >= 15 is 0 Å². The van der Waals surface area contributed by atoms with Crippen LogP contribution in [0.1, 0.15) is 49.2 Å². The van der Waals surface area contributed by atoms with Crippen molar-refractivity contribution < 1.29 is 9.47 Å². The van der Waals surface area contributed by atoms with Crippen LogP contribution >= 0.6 is 0 Å². The van der Waals surface area contributed by atoms with Gasteiger partial charge in [0.15, 0.2) is 0 Å². The largest absolute Gasteiger partial charge is 0.497 e. The molecule has 4 heteroatoms. The molecule has 0 radical (unpaired) electrons. The highest BCUT2D eigenvalue weighted by molar-refractivity contribution is 5.43. The lowest BCUT2D eigenvalue weighted by Gasteiger charge is -2.33. The Bertz CT molecular complexity index is 700.